The Labute approximate surface area is 128 Å². The van der Waals surface area contributed by atoms with Gasteiger partial charge in [0.25, 0.3) is 5.56 Å². The second kappa shape index (κ2) is 6.56. The minimum absolute atomic E-state index is 0.118. The monoisotopic (exact) mass is 303 g/mol. The standard InChI is InChI=1S/C16H21N3O3/c20-11(8-14-15(21)6-3-7-17-14)9-19-10-18-13-5-2-1-4-12(13)16(19)22/h1-2,4-5,10-11,14-15,17,20-21H,3,6-9H2/t11-,14+,15-/m0/s1. The maximum Gasteiger partial charge on any atom is 0.261 e. The van der Waals surface area contributed by atoms with E-state index in [1.165, 1.54) is 10.9 Å². The van der Waals surface area contributed by atoms with Crippen molar-refractivity contribution in [2.75, 3.05) is 6.54 Å². The van der Waals surface area contributed by atoms with Crippen molar-refractivity contribution in [2.24, 2.45) is 0 Å². The van der Waals surface area contributed by atoms with E-state index in [0.29, 0.717) is 17.3 Å². The Morgan fingerprint density at radius 3 is 3.05 bits per heavy atom. The molecule has 0 radical (unpaired) electrons. The predicted octanol–water partition coefficient (Wildman–Crippen LogP) is 0.260. The van der Waals surface area contributed by atoms with Crippen LogP contribution in [0.5, 0.6) is 0 Å². The lowest BCUT2D eigenvalue weighted by molar-refractivity contribution is 0.0539. The van der Waals surface area contributed by atoms with Crippen LogP contribution >= 0.6 is 0 Å². The molecule has 0 spiro atoms. The number of piperidine rings is 1. The van der Waals surface area contributed by atoms with Crippen molar-refractivity contribution in [3.8, 4) is 0 Å². The van der Waals surface area contributed by atoms with E-state index in [2.05, 4.69) is 10.3 Å². The number of para-hydroxylation sites is 1. The number of fused-ring (bicyclic) bond motifs is 1. The van der Waals surface area contributed by atoms with E-state index in [9.17, 15) is 15.0 Å². The molecular weight excluding hydrogens is 282 g/mol. The summed E-state index contributed by atoms with van der Waals surface area (Å²) in [5.74, 6) is 0. The highest BCUT2D eigenvalue weighted by atomic mass is 16.3. The number of aromatic nitrogens is 2. The minimum atomic E-state index is -0.703. The Kier molecular flexibility index (Phi) is 4.52. The minimum Gasteiger partial charge on any atom is -0.392 e. The van der Waals surface area contributed by atoms with Gasteiger partial charge in [0.2, 0.25) is 0 Å². The van der Waals surface area contributed by atoms with E-state index in [4.69, 9.17) is 0 Å². The molecule has 0 aliphatic carbocycles. The van der Waals surface area contributed by atoms with Gasteiger partial charge in [-0.15, -0.1) is 0 Å². The van der Waals surface area contributed by atoms with Crippen molar-refractivity contribution in [3.05, 3.63) is 40.9 Å². The fraction of sp³-hybridized carbons (Fsp3) is 0.500. The van der Waals surface area contributed by atoms with Gasteiger partial charge >= 0.3 is 0 Å². The van der Waals surface area contributed by atoms with Crippen LogP contribution in [-0.4, -0.2) is 44.6 Å². The van der Waals surface area contributed by atoms with Gasteiger partial charge in [0, 0.05) is 6.04 Å². The topological polar surface area (TPSA) is 87.4 Å². The van der Waals surface area contributed by atoms with Crippen LogP contribution in [0.2, 0.25) is 0 Å². The number of hydrogen-bond acceptors (Lipinski definition) is 5. The molecular formula is C16H21N3O3. The predicted molar refractivity (Wildman–Crippen MR) is 83.7 cm³/mol. The summed E-state index contributed by atoms with van der Waals surface area (Å²) >= 11 is 0. The molecule has 118 valence electrons. The van der Waals surface area contributed by atoms with Gasteiger partial charge in [-0.2, -0.15) is 0 Å². The molecule has 1 fully saturated rings. The molecule has 3 rings (SSSR count). The van der Waals surface area contributed by atoms with Crippen LogP contribution in [0.25, 0.3) is 10.9 Å². The maximum absolute atomic E-state index is 12.4. The summed E-state index contributed by atoms with van der Waals surface area (Å²) in [6.45, 7) is 1.04. The van der Waals surface area contributed by atoms with Gasteiger partial charge in [-0.1, -0.05) is 12.1 Å². The van der Waals surface area contributed by atoms with Gasteiger partial charge in [0.1, 0.15) is 0 Å². The van der Waals surface area contributed by atoms with Crippen LogP contribution < -0.4 is 10.9 Å². The lowest BCUT2D eigenvalue weighted by atomic mass is 9.96. The Bertz CT molecular complexity index is 700. The van der Waals surface area contributed by atoms with E-state index >= 15 is 0 Å². The highest BCUT2D eigenvalue weighted by molar-refractivity contribution is 5.76. The fourth-order valence-corrected chi connectivity index (χ4v) is 3.01. The van der Waals surface area contributed by atoms with Crippen LogP contribution in [0, 0.1) is 0 Å². The lowest BCUT2D eigenvalue weighted by Gasteiger charge is -2.30. The summed E-state index contributed by atoms with van der Waals surface area (Å²) in [4.78, 5) is 16.6. The Morgan fingerprint density at radius 2 is 2.23 bits per heavy atom. The third-order valence-electron chi connectivity index (χ3n) is 4.21. The normalized spacial score (nSPS) is 23.5. The average molecular weight is 303 g/mol. The third kappa shape index (κ3) is 3.19. The summed E-state index contributed by atoms with van der Waals surface area (Å²) in [6.07, 6.45) is 2.45. The van der Waals surface area contributed by atoms with Crippen LogP contribution in [0.1, 0.15) is 19.3 Å². The Hall–Kier alpha value is -1.76. The molecule has 22 heavy (non-hydrogen) atoms. The molecule has 0 unspecified atom stereocenters. The highest BCUT2D eigenvalue weighted by Crippen LogP contribution is 2.14. The summed E-state index contributed by atoms with van der Waals surface area (Å²) in [6, 6.07) is 7.05. The first-order chi connectivity index (χ1) is 10.6. The zero-order chi connectivity index (χ0) is 15.5. The SMILES string of the molecule is O=c1c2ccccc2ncn1C[C@@H](O)C[C@H]1NCCC[C@@H]1O. The molecule has 0 saturated carbocycles. The Balaban J connectivity index is 1.72. The molecule has 1 aliphatic rings. The smallest absolute Gasteiger partial charge is 0.261 e. The van der Waals surface area contributed by atoms with Crippen LogP contribution in [0.15, 0.2) is 35.4 Å². The molecule has 1 saturated heterocycles. The van der Waals surface area contributed by atoms with Crippen molar-refractivity contribution < 1.29 is 10.2 Å². The van der Waals surface area contributed by atoms with Crippen molar-refractivity contribution in [1.29, 1.82) is 0 Å². The van der Waals surface area contributed by atoms with Gasteiger partial charge in [0.15, 0.2) is 0 Å². The quantitative estimate of drug-likeness (QED) is 0.754. The molecule has 1 aromatic heterocycles. The van der Waals surface area contributed by atoms with E-state index in [1.807, 2.05) is 6.07 Å². The molecule has 6 nitrogen and oxygen atoms in total. The lowest BCUT2D eigenvalue weighted by Crippen LogP contribution is -2.47. The highest BCUT2D eigenvalue weighted by Gasteiger charge is 2.25. The number of nitrogens with one attached hydrogen (secondary N) is 1. The first kappa shape index (κ1) is 15.1. The molecule has 3 N–H and O–H groups in total. The van der Waals surface area contributed by atoms with E-state index < -0.39 is 12.2 Å². The van der Waals surface area contributed by atoms with Crippen molar-refractivity contribution in [2.45, 2.75) is 44.1 Å². The van der Waals surface area contributed by atoms with E-state index in [1.54, 1.807) is 18.2 Å². The van der Waals surface area contributed by atoms with Gasteiger partial charge in [0.05, 0.1) is 36.0 Å². The molecule has 2 heterocycles. The molecule has 1 aromatic carbocycles. The molecule has 1 aliphatic heterocycles. The molecule has 3 atom stereocenters. The third-order valence-corrected chi connectivity index (χ3v) is 4.21. The number of benzene rings is 1. The summed E-state index contributed by atoms with van der Waals surface area (Å²) in [7, 11) is 0. The second-order valence-corrected chi connectivity index (χ2v) is 5.88. The molecule has 0 amide bonds. The van der Waals surface area contributed by atoms with Gasteiger partial charge in [-0.25, -0.2) is 4.98 Å². The fourth-order valence-electron chi connectivity index (χ4n) is 3.01. The summed E-state index contributed by atoms with van der Waals surface area (Å²) < 4.78 is 1.43. The zero-order valence-electron chi connectivity index (χ0n) is 12.4. The Morgan fingerprint density at radius 1 is 1.41 bits per heavy atom. The largest absolute Gasteiger partial charge is 0.392 e. The van der Waals surface area contributed by atoms with Gasteiger partial charge in [-0.3, -0.25) is 9.36 Å². The number of rotatable bonds is 4. The first-order valence-electron chi connectivity index (χ1n) is 7.69. The van der Waals surface area contributed by atoms with Crippen LogP contribution in [-0.2, 0) is 6.54 Å². The first-order valence-corrected chi connectivity index (χ1v) is 7.69. The van der Waals surface area contributed by atoms with Crippen LogP contribution in [0.4, 0.5) is 0 Å². The number of aliphatic hydroxyl groups is 2. The summed E-state index contributed by atoms with van der Waals surface area (Å²) in [5, 5.41) is 23.9. The van der Waals surface area contributed by atoms with Gasteiger partial charge < -0.3 is 15.5 Å². The zero-order valence-corrected chi connectivity index (χ0v) is 12.4. The van der Waals surface area contributed by atoms with Crippen molar-refractivity contribution in [3.63, 3.8) is 0 Å². The van der Waals surface area contributed by atoms with Crippen LogP contribution in [0.3, 0.4) is 0 Å². The number of hydrogen-bond donors (Lipinski definition) is 3. The average Bonchev–Trinajstić information content (AvgIpc) is 2.53. The van der Waals surface area contributed by atoms with E-state index in [0.717, 1.165) is 19.4 Å². The molecule has 6 heteroatoms. The van der Waals surface area contributed by atoms with Gasteiger partial charge in [-0.05, 0) is 37.9 Å². The van der Waals surface area contributed by atoms with Crippen molar-refractivity contribution in [1.82, 2.24) is 14.9 Å². The van der Waals surface area contributed by atoms with Crippen molar-refractivity contribution >= 4 is 10.9 Å². The number of aliphatic hydroxyl groups excluding tert-OH is 2. The summed E-state index contributed by atoms with van der Waals surface area (Å²) in [5.41, 5.74) is 0.504. The molecule has 2 aromatic rings. The second-order valence-electron chi connectivity index (χ2n) is 5.88. The molecule has 0 bridgehead atoms. The van der Waals surface area contributed by atoms with E-state index in [-0.39, 0.29) is 18.1 Å². The maximum atomic E-state index is 12.4. The number of nitrogens with zero attached hydrogens (tertiary/aromatic N) is 2.